The molecule has 1 amide bonds. The van der Waals surface area contributed by atoms with Crippen molar-refractivity contribution in [2.75, 3.05) is 11.9 Å². The van der Waals surface area contributed by atoms with Crippen molar-refractivity contribution in [3.63, 3.8) is 0 Å². The van der Waals surface area contributed by atoms with Gasteiger partial charge in [-0.3, -0.25) is 4.79 Å². The van der Waals surface area contributed by atoms with E-state index in [9.17, 15) is 4.79 Å². The molecule has 0 unspecified atom stereocenters. The molecule has 0 saturated heterocycles. The zero-order valence-electron chi connectivity index (χ0n) is 12.6. The number of hydrogen-bond donors (Lipinski definition) is 1. The van der Waals surface area contributed by atoms with Crippen LogP contribution in [0.15, 0.2) is 60.9 Å². The molecule has 0 spiro atoms. The molecule has 0 saturated carbocycles. The second-order valence-electron chi connectivity index (χ2n) is 4.81. The van der Waals surface area contributed by atoms with Gasteiger partial charge in [0, 0.05) is 5.69 Å². The van der Waals surface area contributed by atoms with Gasteiger partial charge >= 0.3 is 0 Å². The fraction of sp³-hybridized carbons (Fsp3) is 0.0588. The van der Waals surface area contributed by atoms with Crippen LogP contribution in [-0.2, 0) is 4.79 Å². The molecule has 1 N–H and O–H groups in total. The van der Waals surface area contributed by atoms with Gasteiger partial charge in [0.05, 0.1) is 23.6 Å². The standard InChI is InChI=1S/C17H13N5O2/c18-11-13-3-1-2-4-16(13)24-12-17(23)21-14-5-7-15(8-6-14)22-19-9-10-20-22/h1-10H,12H2,(H,21,23). The molecule has 118 valence electrons. The average molecular weight is 319 g/mol. The Morgan fingerprint density at radius 1 is 1.12 bits per heavy atom. The highest BCUT2D eigenvalue weighted by atomic mass is 16.5. The summed E-state index contributed by atoms with van der Waals surface area (Å²) in [6.07, 6.45) is 3.18. The smallest absolute Gasteiger partial charge is 0.262 e. The Morgan fingerprint density at radius 2 is 1.83 bits per heavy atom. The first kappa shape index (κ1) is 15.2. The Bertz CT molecular complexity index is 867. The van der Waals surface area contributed by atoms with Gasteiger partial charge in [0.2, 0.25) is 0 Å². The lowest BCUT2D eigenvalue weighted by atomic mass is 10.2. The van der Waals surface area contributed by atoms with Crippen LogP contribution in [0.1, 0.15) is 5.56 Å². The molecule has 24 heavy (non-hydrogen) atoms. The molecule has 3 aromatic rings. The SMILES string of the molecule is N#Cc1ccccc1OCC(=O)Nc1ccc(-n2nccn2)cc1. The highest BCUT2D eigenvalue weighted by Crippen LogP contribution is 2.16. The molecule has 7 nitrogen and oxygen atoms in total. The van der Waals surface area contributed by atoms with E-state index in [1.54, 1.807) is 60.9 Å². The number of carbonyl (C=O) groups is 1. The van der Waals surface area contributed by atoms with Gasteiger partial charge in [-0.05, 0) is 36.4 Å². The Labute approximate surface area is 138 Å². The van der Waals surface area contributed by atoms with Crippen molar-refractivity contribution < 1.29 is 9.53 Å². The molecule has 1 heterocycles. The van der Waals surface area contributed by atoms with Gasteiger partial charge in [0.25, 0.3) is 5.91 Å². The lowest BCUT2D eigenvalue weighted by molar-refractivity contribution is -0.118. The Balaban J connectivity index is 1.58. The summed E-state index contributed by atoms with van der Waals surface area (Å²) in [5, 5.41) is 19.8. The number of hydrogen-bond acceptors (Lipinski definition) is 5. The fourth-order valence-corrected chi connectivity index (χ4v) is 2.05. The van der Waals surface area contributed by atoms with Crippen LogP contribution in [0.3, 0.4) is 0 Å². The summed E-state index contributed by atoms with van der Waals surface area (Å²) in [5.41, 5.74) is 1.81. The summed E-state index contributed by atoms with van der Waals surface area (Å²) in [7, 11) is 0. The predicted octanol–water partition coefficient (Wildman–Crippen LogP) is 2.16. The third-order valence-electron chi connectivity index (χ3n) is 3.17. The number of nitrogens with zero attached hydrogens (tertiary/aromatic N) is 4. The van der Waals surface area contributed by atoms with Crippen LogP contribution in [0.2, 0.25) is 0 Å². The Hall–Kier alpha value is -3.66. The van der Waals surface area contributed by atoms with Gasteiger partial charge in [0.1, 0.15) is 11.8 Å². The van der Waals surface area contributed by atoms with E-state index in [-0.39, 0.29) is 12.5 Å². The summed E-state index contributed by atoms with van der Waals surface area (Å²) >= 11 is 0. The van der Waals surface area contributed by atoms with E-state index in [0.717, 1.165) is 5.69 Å². The molecule has 0 aliphatic rings. The van der Waals surface area contributed by atoms with Crippen LogP contribution >= 0.6 is 0 Å². The predicted molar refractivity (Wildman–Crippen MR) is 86.6 cm³/mol. The number of rotatable bonds is 5. The van der Waals surface area contributed by atoms with Gasteiger partial charge in [-0.25, -0.2) is 0 Å². The van der Waals surface area contributed by atoms with E-state index >= 15 is 0 Å². The summed E-state index contributed by atoms with van der Waals surface area (Å²) in [5.74, 6) is 0.0722. The summed E-state index contributed by atoms with van der Waals surface area (Å²) in [6, 6.07) is 15.9. The summed E-state index contributed by atoms with van der Waals surface area (Å²) in [4.78, 5) is 13.4. The molecule has 2 aromatic carbocycles. The molecule has 0 atom stereocenters. The molecule has 1 aromatic heterocycles. The first-order valence-electron chi connectivity index (χ1n) is 7.15. The van der Waals surface area contributed by atoms with Gasteiger partial charge in [-0.2, -0.15) is 20.3 Å². The van der Waals surface area contributed by atoms with Crippen molar-refractivity contribution in [2.24, 2.45) is 0 Å². The largest absolute Gasteiger partial charge is 0.482 e. The average Bonchev–Trinajstić information content (AvgIpc) is 3.15. The number of benzene rings is 2. The third-order valence-corrected chi connectivity index (χ3v) is 3.17. The maximum Gasteiger partial charge on any atom is 0.262 e. The van der Waals surface area contributed by atoms with Gasteiger partial charge in [-0.1, -0.05) is 12.1 Å². The molecule has 0 radical (unpaired) electrons. The zero-order valence-corrected chi connectivity index (χ0v) is 12.6. The zero-order chi connectivity index (χ0) is 16.8. The molecule has 0 fully saturated rings. The second-order valence-corrected chi connectivity index (χ2v) is 4.81. The highest BCUT2D eigenvalue weighted by molar-refractivity contribution is 5.91. The molecule has 0 aliphatic heterocycles. The number of anilines is 1. The number of amides is 1. The van der Waals surface area contributed by atoms with Crippen molar-refractivity contribution in [1.82, 2.24) is 15.0 Å². The number of nitriles is 1. The summed E-state index contributed by atoms with van der Waals surface area (Å²) in [6.45, 7) is -0.179. The molecule has 0 bridgehead atoms. The van der Waals surface area contributed by atoms with Crippen molar-refractivity contribution in [3.05, 3.63) is 66.5 Å². The van der Waals surface area contributed by atoms with Crippen LogP contribution in [0.4, 0.5) is 5.69 Å². The first-order chi connectivity index (χ1) is 11.8. The monoisotopic (exact) mass is 319 g/mol. The summed E-state index contributed by atoms with van der Waals surface area (Å²) < 4.78 is 5.39. The van der Waals surface area contributed by atoms with E-state index in [4.69, 9.17) is 10.00 Å². The number of aromatic nitrogens is 3. The van der Waals surface area contributed by atoms with E-state index in [2.05, 4.69) is 15.5 Å². The quantitative estimate of drug-likeness (QED) is 0.778. The molecule has 7 heteroatoms. The lowest BCUT2D eigenvalue weighted by Crippen LogP contribution is -2.20. The van der Waals surface area contributed by atoms with Crippen molar-refractivity contribution >= 4 is 11.6 Å². The maximum absolute atomic E-state index is 12.0. The van der Waals surface area contributed by atoms with Crippen molar-refractivity contribution in [3.8, 4) is 17.5 Å². The molecular formula is C17H13N5O2. The second kappa shape index (κ2) is 7.07. The Morgan fingerprint density at radius 3 is 2.54 bits per heavy atom. The normalized spacial score (nSPS) is 9.96. The van der Waals surface area contributed by atoms with Crippen LogP contribution < -0.4 is 10.1 Å². The first-order valence-corrected chi connectivity index (χ1v) is 7.15. The van der Waals surface area contributed by atoms with Crippen molar-refractivity contribution in [2.45, 2.75) is 0 Å². The Kier molecular flexibility index (Phi) is 4.49. The van der Waals surface area contributed by atoms with E-state index in [1.807, 2.05) is 6.07 Å². The van der Waals surface area contributed by atoms with Crippen LogP contribution in [0, 0.1) is 11.3 Å². The molecule has 0 aliphatic carbocycles. The van der Waals surface area contributed by atoms with E-state index < -0.39 is 0 Å². The van der Waals surface area contributed by atoms with Gasteiger partial charge < -0.3 is 10.1 Å². The van der Waals surface area contributed by atoms with E-state index in [0.29, 0.717) is 17.0 Å². The van der Waals surface area contributed by atoms with Gasteiger partial charge in [-0.15, -0.1) is 0 Å². The number of para-hydroxylation sites is 1. The van der Waals surface area contributed by atoms with E-state index in [1.165, 1.54) is 4.80 Å². The van der Waals surface area contributed by atoms with Crippen molar-refractivity contribution in [1.29, 1.82) is 5.26 Å². The minimum atomic E-state index is -0.312. The third kappa shape index (κ3) is 3.56. The highest BCUT2D eigenvalue weighted by Gasteiger charge is 2.07. The lowest BCUT2D eigenvalue weighted by Gasteiger charge is -2.09. The molecular weight excluding hydrogens is 306 g/mol. The maximum atomic E-state index is 12.0. The number of nitrogens with one attached hydrogen (secondary N) is 1. The minimum Gasteiger partial charge on any atom is -0.482 e. The van der Waals surface area contributed by atoms with Crippen LogP contribution in [0.5, 0.6) is 5.75 Å². The fourth-order valence-electron chi connectivity index (χ4n) is 2.05. The molecule has 3 rings (SSSR count). The topological polar surface area (TPSA) is 92.8 Å². The minimum absolute atomic E-state index is 0.179. The number of ether oxygens (including phenoxy) is 1. The van der Waals surface area contributed by atoms with Crippen LogP contribution in [-0.4, -0.2) is 27.5 Å². The van der Waals surface area contributed by atoms with Crippen LogP contribution in [0.25, 0.3) is 5.69 Å². The number of carbonyl (C=O) groups excluding carboxylic acids is 1. The van der Waals surface area contributed by atoms with Gasteiger partial charge in [0.15, 0.2) is 6.61 Å².